The Morgan fingerprint density at radius 2 is 1.96 bits per heavy atom. The molecule has 2 aromatic rings. The zero-order valence-electron chi connectivity index (χ0n) is 12.9. The Morgan fingerprint density at radius 3 is 2.62 bits per heavy atom. The topological polar surface area (TPSA) is 81.5 Å². The molecule has 1 N–H and O–H groups in total. The Kier molecular flexibility index (Phi) is 6.57. The van der Waals surface area contributed by atoms with Crippen LogP contribution in [0.25, 0.3) is 0 Å². The van der Waals surface area contributed by atoms with E-state index in [4.69, 9.17) is 16.3 Å². The lowest BCUT2D eigenvalue weighted by atomic mass is 10.2. The Hall–Kier alpha value is -2.60. The van der Waals surface area contributed by atoms with Gasteiger partial charge >= 0.3 is 0 Å². The molecular weight excluding hydrogens is 332 g/mol. The molecule has 6 nitrogen and oxygen atoms in total. The fraction of sp³-hybridized carbons (Fsp3) is 0.235. The molecular formula is C17H17ClN2O4. The highest BCUT2D eigenvalue weighted by atomic mass is 35.5. The zero-order valence-corrected chi connectivity index (χ0v) is 13.7. The van der Waals surface area contributed by atoms with Gasteiger partial charge in [0, 0.05) is 24.4 Å². The molecule has 0 aliphatic heterocycles. The van der Waals surface area contributed by atoms with E-state index >= 15 is 0 Å². The first-order valence-corrected chi connectivity index (χ1v) is 7.94. The molecule has 0 aliphatic carbocycles. The minimum atomic E-state index is -0.518. The van der Waals surface area contributed by atoms with Crippen molar-refractivity contribution in [1.82, 2.24) is 0 Å². The van der Waals surface area contributed by atoms with Crippen LogP contribution < -0.4 is 10.1 Å². The van der Waals surface area contributed by atoms with Gasteiger partial charge in [0.25, 0.3) is 5.69 Å². The number of non-ortho nitro benzene ring substituents is 1. The highest BCUT2D eigenvalue weighted by Crippen LogP contribution is 2.30. The first-order valence-electron chi connectivity index (χ1n) is 7.41. The number of ether oxygens (including phenoxy) is 1. The van der Waals surface area contributed by atoms with E-state index in [-0.39, 0.29) is 23.7 Å². The van der Waals surface area contributed by atoms with Gasteiger partial charge in [0.05, 0.1) is 10.6 Å². The summed E-state index contributed by atoms with van der Waals surface area (Å²) < 4.78 is 5.70. The van der Waals surface area contributed by atoms with Crippen molar-refractivity contribution in [3.63, 3.8) is 0 Å². The van der Waals surface area contributed by atoms with Gasteiger partial charge in [0.1, 0.15) is 12.4 Å². The van der Waals surface area contributed by atoms with E-state index in [1.165, 1.54) is 18.2 Å². The lowest BCUT2D eigenvalue weighted by Gasteiger charge is -2.12. The van der Waals surface area contributed by atoms with E-state index in [2.05, 4.69) is 5.32 Å². The number of hydrogen-bond donors (Lipinski definition) is 1. The van der Waals surface area contributed by atoms with Gasteiger partial charge in [-0.05, 0) is 18.1 Å². The summed E-state index contributed by atoms with van der Waals surface area (Å²) >= 11 is 5.57. The number of alkyl halides is 1. The molecule has 0 aliphatic rings. The van der Waals surface area contributed by atoms with Crippen LogP contribution in [0, 0.1) is 10.1 Å². The molecule has 1 amide bonds. The van der Waals surface area contributed by atoms with E-state index in [0.29, 0.717) is 24.7 Å². The van der Waals surface area contributed by atoms with Crippen molar-refractivity contribution >= 4 is 28.9 Å². The summed E-state index contributed by atoms with van der Waals surface area (Å²) in [5.41, 5.74) is 1.12. The standard InChI is InChI=1S/C17H17ClN2O4/c18-10-4-7-17(21)19-15-11-14(20(22)23)8-9-16(15)24-12-13-5-2-1-3-6-13/h1-3,5-6,8-9,11H,4,7,10,12H2,(H,19,21). The van der Waals surface area contributed by atoms with Crippen LogP contribution in [0.5, 0.6) is 5.75 Å². The highest BCUT2D eigenvalue weighted by Gasteiger charge is 2.14. The van der Waals surface area contributed by atoms with Crippen molar-refractivity contribution in [3.05, 3.63) is 64.2 Å². The first kappa shape index (κ1) is 17.7. The van der Waals surface area contributed by atoms with Crippen molar-refractivity contribution < 1.29 is 14.5 Å². The number of benzene rings is 2. The number of hydrogen-bond acceptors (Lipinski definition) is 4. The molecule has 0 spiro atoms. The molecule has 0 atom stereocenters. The Bertz CT molecular complexity index is 707. The van der Waals surface area contributed by atoms with Crippen LogP contribution >= 0.6 is 11.6 Å². The quantitative estimate of drug-likeness (QED) is 0.441. The monoisotopic (exact) mass is 348 g/mol. The van der Waals surface area contributed by atoms with Gasteiger partial charge < -0.3 is 10.1 Å². The van der Waals surface area contributed by atoms with Crippen LogP contribution in [0.4, 0.5) is 11.4 Å². The van der Waals surface area contributed by atoms with Crippen LogP contribution in [0.1, 0.15) is 18.4 Å². The molecule has 0 aromatic heterocycles. The van der Waals surface area contributed by atoms with Crippen molar-refractivity contribution in [2.75, 3.05) is 11.2 Å². The van der Waals surface area contributed by atoms with Gasteiger partial charge in [0.2, 0.25) is 5.91 Å². The molecule has 24 heavy (non-hydrogen) atoms. The van der Waals surface area contributed by atoms with Gasteiger partial charge in [-0.3, -0.25) is 14.9 Å². The fourth-order valence-corrected chi connectivity index (χ4v) is 2.16. The van der Waals surface area contributed by atoms with E-state index in [1.54, 1.807) is 0 Å². The number of anilines is 1. The number of nitrogens with one attached hydrogen (secondary N) is 1. The van der Waals surface area contributed by atoms with Crippen molar-refractivity contribution in [1.29, 1.82) is 0 Å². The number of carbonyl (C=O) groups excluding carboxylic acids is 1. The first-order chi connectivity index (χ1) is 11.6. The van der Waals surface area contributed by atoms with Crippen LogP contribution in [0.15, 0.2) is 48.5 Å². The number of carbonyl (C=O) groups is 1. The predicted octanol–water partition coefficient (Wildman–Crippen LogP) is 4.13. The number of amides is 1. The lowest BCUT2D eigenvalue weighted by molar-refractivity contribution is -0.384. The van der Waals surface area contributed by atoms with Crippen molar-refractivity contribution in [2.24, 2.45) is 0 Å². The smallest absolute Gasteiger partial charge is 0.271 e. The molecule has 2 rings (SSSR count). The van der Waals surface area contributed by atoms with Gasteiger partial charge in [-0.1, -0.05) is 30.3 Å². The van der Waals surface area contributed by atoms with Crippen LogP contribution in [-0.4, -0.2) is 16.7 Å². The van der Waals surface area contributed by atoms with Crippen LogP contribution in [0.2, 0.25) is 0 Å². The molecule has 0 fully saturated rings. The van der Waals surface area contributed by atoms with Crippen LogP contribution in [-0.2, 0) is 11.4 Å². The Labute approximate surface area is 144 Å². The van der Waals surface area contributed by atoms with Gasteiger partial charge in [-0.2, -0.15) is 0 Å². The third-order valence-electron chi connectivity index (χ3n) is 3.22. The Balaban J connectivity index is 2.15. The highest BCUT2D eigenvalue weighted by molar-refractivity contribution is 6.18. The van der Waals surface area contributed by atoms with Crippen LogP contribution in [0.3, 0.4) is 0 Å². The maximum atomic E-state index is 11.9. The normalized spacial score (nSPS) is 10.2. The fourth-order valence-electron chi connectivity index (χ4n) is 2.03. The molecule has 2 aromatic carbocycles. The second-order valence-corrected chi connectivity index (χ2v) is 5.43. The van der Waals surface area contributed by atoms with E-state index < -0.39 is 4.92 Å². The second kappa shape index (κ2) is 8.88. The summed E-state index contributed by atoms with van der Waals surface area (Å²) in [5, 5.41) is 13.6. The third-order valence-corrected chi connectivity index (χ3v) is 3.49. The number of nitro groups is 1. The molecule has 0 saturated carbocycles. The maximum Gasteiger partial charge on any atom is 0.271 e. The third kappa shape index (κ3) is 5.24. The lowest BCUT2D eigenvalue weighted by Crippen LogP contribution is -2.12. The number of rotatable bonds is 8. The number of nitro benzene ring substituents is 1. The molecule has 126 valence electrons. The zero-order chi connectivity index (χ0) is 17.4. The summed E-state index contributed by atoms with van der Waals surface area (Å²) in [6.07, 6.45) is 0.771. The van der Waals surface area contributed by atoms with Gasteiger partial charge in [-0.15, -0.1) is 11.6 Å². The molecule has 0 saturated heterocycles. The summed E-state index contributed by atoms with van der Waals surface area (Å²) in [5.74, 6) is 0.490. The maximum absolute atomic E-state index is 11.9. The van der Waals surface area contributed by atoms with Gasteiger partial charge in [0.15, 0.2) is 0 Å². The van der Waals surface area contributed by atoms with Gasteiger partial charge in [-0.25, -0.2) is 0 Å². The van der Waals surface area contributed by atoms with E-state index in [9.17, 15) is 14.9 Å². The summed E-state index contributed by atoms with van der Waals surface area (Å²) in [7, 11) is 0. The number of halogens is 1. The second-order valence-electron chi connectivity index (χ2n) is 5.05. The predicted molar refractivity (Wildman–Crippen MR) is 92.5 cm³/mol. The number of nitrogens with zero attached hydrogens (tertiary/aromatic N) is 1. The summed E-state index contributed by atoms with van der Waals surface area (Å²) in [4.78, 5) is 22.3. The largest absolute Gasteiger partial charge is 0.487 e. The minimum Gasteiger partial charge on any atom is -0.487 e. The van der Waals surface area contributed by atoms with E-state index in [1.807, 2.05) is 30.3 Å². The molecule has 0 unspecified atom stereocenters. The minimum absolute atomic E-state index is 0.116. The summed E-state index contributed by atoms with van der Waals surface area (Å²) in [6.45, 7) is 0.295. The molecule has 0 bridgehead atoms. The van der Waals surface area contributed by atoms with Crippen molar-refractivity contribution in [2.45, 2.75) is 19.4 Å². The average Bonchev–Trinajstić information content (AvgIpc) is 2.59. The molecule has 7 heteroatoms. The average molecular weight is 349 g/mol. The SMILES string of the molecule is O=C(CCCCl)Nc1cc([N+](=O)[O-])ccc1OCc1ccccc1. The Morgan fingerprint density at radius 1 is 1.21 bits per heavy atom. The molecule has 0 heterocycles. The molecule has 0 radical (unpaired) electrons. The summed E-state index contributed by atoms with van der Waals surface area (Å²) in [6, 6.07) is 13.6. The van der Waals surface area contributed by atoms with E-state index in [0.717, 1.165) is 5.56 Å². The van der Waals surface area contributed by atoms with Crippen molar-refractivity contribution in [3.8, 4) is 5.75 Å².